The van der Waals surface area contributed by atoms with Crippen LogP contribution in [0.2, 0.25) is 0 Å². The summed E-state index contributed by atoms with van der Waals surface area (Å²) in [5.74, 6) is 0. The van der Waals surface area contributed by atoms with Crippen LogP contribution >= 0.6 is 15.8 Å². The minimum atomic E-state index is -0.877. The average Bonchev–Trinajstić information content (AvgIpc) is 3.44. The molecule has 6 aromatic rings. The topological polar surface area (TPSA) is 283 Å². The summed E-state index contributed by atoms with van der Waals surface area (Å²) in [4.78, 5) is 0. The molecule has 0 saturated heterocycles. The van der Waals surface area contributed by atoms with Crippen molar-refractivity contribution in [3.63, 3.8) is 0 Å². The fourth-order valence-electron chi connectivity index (χ4n) is 5.16. The third kappa shape index (κ3) is 25.9. The molecule has 6 aromatic carbocycles. The van der Waals surface area contributed by atoms with Gasteiger partial charge < -0.3 is 82.9 Å². The Bertz CT molecular complexity index is 2120. The molecular formula is C52H56N8O8P2Rh2-2. The van der Waals surface area contributed by atoms with Gasteiger partial charge in [-0.3, -0.25) is 0 Å². The molecule has 0 saturated carbocycles. The van der Waals surface area contributed by atoms with Crippen molar-refractivity contribution in [2.75, 3.05) is 0 Å². The Morgan fingerprint density at radius 1 is 0.222 bits per heavy atom. The number of hydrogen-bond donors (Lipinski definition) is 0. The molecule has 16 nitrogen and oxygen atoms in total. The van der Waals surface area contributed by atoms with Crippen LogP contribution in [0.25, 0.3) is 0 Å². The first-order valence-corrected chi connectivity index (χ1v) is 24.2. The third-order valence-electron chi connectivity index (χ3n) is 9.56. The van der Waals surface area contributed by atoms with Crippen molar-refractivity contribution in [1.29, 1.82) is 0 Å². The SMILES string of the molecule is CC(=N[O-])C(C)=N[O-].CC(=N[O-])C(C)=N[O-].CC(=N[O-])C(C)=N[O-].CC(=N[O-])C(C)=N[O-].[Rh+2].[Rh+2].c1ccc([PH+](c2ccccc2)c2ccccc2)cc1.c1ccc([PH+](c2ccccc2)c2ccccc2)cc1. The maximum absolute atomic E-state index is 9.60. The molecule has 0 spiro atoms. The molecule has 0 unspecified atom stereocenters. The summed E-state index contributed by atoms with van der Waals surface area (Å²) in [6, 6.07) is 65.0. The van der Waals surface area contributed by atoms with Gasteiger partial charge in [0.15, 0.2) is 0 Å². The summed E-state index contributed by atoms with van der Waals surface area (Å²) in [6.45, 7) is 11.5. The smallest absolute Gasteiger partial charge is 0.792 e. The maximum Gasteiger partial charge on any atom is 2.00 e. The van der Waals surface area contributed by atoms with E-state index in [1.807, 2.05) is 0 Å². The maximum atomic E-state index is 9.60. The monoisotopic (exact) mass is 1190 g/mol. The van der Waals surface area contributed by atoms with Gasteiger partial charge in [-0.25, -0.2) is 0 Å². The first kappa shape index (κ1) is 67.3. The Kier molecular flexibility index (Phi) is 38.2. The normalized spacial score (nSPS) is 11.9. The van der Waals surface area contributed by atoms with Crippen LogP contribution in [0.15, 0.2) is 223 Å². The predicted molar refractivity (Wildman–Crippen MR) is 305 cm³/mol. The van der Waals surface area contributed by atoms with Gasteiger partial charge in [-0.1, -0.05) is 109 Å². The van der Waals surface area contributed by atoms with Crippen LogP contribution in [-0.4, -0.2) is 45.7 Å². The van der Waals surface area contributed by atoms with Crippen molar-refractivity contribution >= 4 is 93.4 Å². The minimum Gasteiger partial charge on any atom is -0.792 e. The zero-order chi connectivity index (χ0) is 52.1. The molecule has 382 valence electrons. The molecule has 0 amide bonds. The minimum absolute atomic E-state index is 0. The van der Waals surface area contributed by atoms with E-state index in [-0.39, 0.29) is 84.6 Å². The summed E-state index contributed by atoms with van der Waals surface area (Å²) in [5, 5.41) is 105. The van der Waals surface area contributed by atoms with Gasteiger partial charge in [0.05, 0.1) is 15.8 Å². The fourth-order valence-corrected chi connectivity index (χ4v) is 10.3. The van der Waals surface area contributed by atoms with Crippen molar-refractivity contribution in [3.8, 4) is 0 Å². The van der Waals surface area contributed by atoms with E-state index in [1.165, 1.54) is 87.2 Å². The van der Waals surface area contributed by atoms with Crippen molar-refractivity contribution in [1.82, 2.24) is 0 Å². The van der Waals surface area contributed by atoms with E-state index < -0.39 is 15.8 Å². The molecule has 20 heteroatoms. The summed E-state index contributed by atoms with van der Waals surface area (Å²) < 4.78 is 0. The molecule has 6 rings (SSSR count). The summed E-state index contributed by atoms with van der Waals surface area (Å²) >= 11 is 0. The van der Waals surface area contributed by atoms with E-state index in [4.69, 9.17) is 0 Å². The van der Waals surface area contributed by atoms with Crippen molar-refractivity contribution in [3.05, 3.63) is 224 Å². The van der Waals surface area contributed by atoms with Gasteiger partial charge in [0.25, 0.3) is 0 Å². The van der Waals surface area contributed by atoms with Crippen LogP contribution in [0.1, 0.15) is 55.4 Å². The molecule has 0 aliphatic heterocycles. The Labute approximate surface area is 449 Å². The van der Waals surface area contributed by atoms with Crippen LogP contribution < -0.4 is 31.8 Å². The predicted octanol–water partition coefficient (Wildman–Crippen LogP) is 9.96. The van der Waals surface area contributed by atoms with Crippen molar-refractivity contribution in [2.45, 2.75) is 55.4 Å². The molecule has 0 aliphatic rings. The second kappa shape index (κ2) is 40.9. The fraction of sp³-hybridized carbons (Fsp3) is 0.154. The van der Waals surface area contributed by atoms with E-state index in [2.05, 4.69) is 223 Å². The number of rotatable bonds is 10. The number of hydrogen-bond acceptors (Lipinski definition) is 16. The van der Waals surface area contributed by atoms with Crippen molar-refractivity contribution in [2.24, 2.45) is 41.2 Å². The average molecular weight is 1190 g/mol. The van der Waals surface area contributed by atoms with Crippen LogP contribution in [0, 0.1) is 41.7 Å². The number of nitrogens with zero attached hydrogens (tertiary/aromatic N) is 8. The van der Waals surface area contributed by atoms with Crippen LogP contribution in [-0.2, 0) is 39.0 Å². The molecule has 0 atom stereocenters. The van der Waals surface area contributed by atoms with Gasteiger partial charge >= 0.3 is 39.0 Å². The summed E-state index contributed by atoms with van der Waals surface area (Å²) in [7, 11) is -1.75. The van der Waals surface area contributed by atoms with Gasteiger partial charge in [0.2, 0.25) is 0 Å². The van der Waals surface area contributed by atoms with Gasteiger partial charge in [-0.2, -0.15) is 0 Å². The summed E-state index contributed by atoms with van der Waals surface area (Å²) in [6.07, 6.45) is 0. The van der Waals surface area contributed by atoms with Gasteiger partial charge in [-0.15, -0.1) is 0 Å². The molecule has 0 aromatic heterocycles. The van der Waals surface area contributed by atoms with Crippen LogP contribution in [0.5, 0.6) is 0 Å². The van der Waals surface area contributed by atoms with E-state index in [9.17, 15) is 41.7 Å². The van der Waals surface area contributed by atoms with Crippen molar-refractivity contribution < 1.29 is 39.0 Å². The Morgan fingerprint density at radius 2 is 0.319 bits per heavy atom. The molecule has 0 bridgehead atoms. The molecule has 0 fully saturated rings. The summed E-state index contributed by atoms with van der Waals surface area (Å²) in [5.41, 5.74) is 1.11. The van der Waals surface area contributed by atoms with E-state index >= 15 is 0 Å². The molecule has 72 heavy (non-hydrogen) atoms. The quantitative estimate of drug-likeness (QED) is 0.0549. The van der Waals surface area contributed by atoms with Crippen LogP contribution in [0.3, 0.4) is 0 Å². The Morgan fingerprint density at radius 3 is 0.403 bits per heavy atom. The van der Waals surface area contributed by atoms with E-state index in [0.717, 1.165) is 0 Å². The molecule has 0 N–H and O–H groups in total. The second-order valence-corrected chi connectivity index (χ2v) is 19.3. The van der Waals surface area contributed by atoms with Crippen LogP contribution in [0.4, 0.5) is 0 Å². The Balaban J connectivity index is 0. The molecule has 2 radical (unpaired) electrons. The first-order valence-electron chi connectivity index (χ1n) is 21.2. The van der Waals surface area contributed by atoms with E-state index in [1.54, 1.807) is 0 Å². The molecule has 0 heterocycles. The van der Waals surface area contributed by atoms with Gasteiger partial charge in [0.1, 0.15) is 31.8 Å². The Hall–Kier alpha value is -6.81. The zero-order valence-corrected chi connectivity index (χ0v) is 46.1. The third-order valence-corrected chi connectivity index (χ3v) is 15.0. The van der Waals surface area contributed by atoms with E-state index in [0.29, 0.717) is 0 Å². The largest absolute Gasteiger partial charge is 2.00 e. The number of benzene rings is 6. The first-order chi connectivity index (χ1) is 33.8. The van der Waals surface area contributed by atoms with Gasteiger partial charge in [0, 0.05) is 45.7 Å². The standard InChI is InChI=1S/2C18H15P.4C4H8N2O2.2Rh/c2*1-4-10-16(11-5-1)19(17-12-6-2-7-13-17)18-14-8-3-9-15-18;4*1-3(5-7)4(2)6-8;;/h2*1-15H;4*7-8H,1-2H3;;/q;;;;;;2*+2/p-6. The van der Waals surface area contributed by atoms with Gasteiger partial charge in [-0.05, 0) is 128 Å². The second-order valence-electron chi connectivity index (χ2n) is 14.4. The molecular weight excluding hydrogens is 1130 g/mol. The molecule has 0 aliphatic carbocycles. The zero-order valence-electron chi connectivity index (χ0n) is 40.8.